The van der Waals surface area contributed by atoms with Crippen molar-refractivity contribution in [2.24, 2.45) is 0 Å². The zero-order chi connectivity index (χ0) is 12.6. The van der Waals surface area contributed by atoms with Crippen molar-refractivity contribution in [3.8, 4) is 0 Å². The smallest absolute Gasteiger partial charge is 0.206 e. The number of hydrogen-bond donors (Lipinski definition) is 0. The first kappa shape index (κ1) is 11.9. The van der Waals surface area contributed by atoms with Crippen LogP contribution in [0.1, 0.15) is 37.6 Å². The number of ketones is 1. The van der Waals surface area contributed by atoms with Gasteiger partial charge < -0.3 is 0 Å². The van der Waals surface area contributed by atoms with E-state index in [4.69, 9.17) is 0 Å². The molecule has 0 aliphatic carbocycles. The first-order valence-electron chi connectivity index (χ1n) is 5.42. The van der Waals surface area contributed by atoms with Crippen LogP contribution < -0.4 is 0 Å². The minimum absolute atomic E-state index is 0.0260. The number of benzene rings is 1. The third-order valence-corrected chi connectivity index (χ3v) is 3.77. The topological polar surface area (TPSA) is 42.9 Å². The van der Waals surface area contributed by atoms with Crippen LogP contribution in [-0.4, -0.2) is 15.4 Å². The van der Waals surface area contributed by atoms with Gasteiger partial charge in [0, 0.05) is 5.56 Å². The molecule has 0 N–H and O–H groups in total. The van der Waals surface area contributed by atoms with Gasteiger partial charge in [-0.1, -0.05) is 10.6 Å². The van der Waals surface area contributed by atoms with E-state index in [-0.39, 0.29) is 5.78 Å². The van der Waals surface area contributed by atoms with Crippen LogP contribution in [0, 0.1) is 27.7 Å². The third kappa shape index (κ3) is 2.13. The molecule has 0 atom stereocenters. The fourth-order valence-electron chi connectivity index (χ4n) is 1.77. The van der Waals surface area contributed by atoms with Crippen molar-refractivity contribution < 1.29 is 4.79 Å². The van der Waals surface area contributed by atoms with Crippen LogP contribution in [0.5, 0.6) is 0 Å². The molecule has 2 aromatic rings. The molecule has 0 saturated heterocycles. The van der Waals surface area contributed by atoms with Crippen molar-refractivity contribution in [2.75, 3.05) is 0 Å². The van der Waals surface area contributed by atoms with Gasteiger partial charge in [0.15, 0.2) is 0 Å². The molecule has 0 aliphatic rings. The molecule has 0 unspecified atom stereocenters. The summed E-state index contributed by atoms with van der Waals surface area (Å²) in [6, 6.07) is 4.00. The summed E-state index contributed by atoms with van der Waals surface area (Å²) in [7, 11) is 0. The molecule has 2 rings (SSSR count). The summed E-state index contributed by atoms with van der Waals surface area (Å²) in [6.07, 6.45) is 0. The molecule has 1 aromatic heterocycles. The third-order valence-electron chi connectivity index (χ3n) is 2.94. The molecule has 4 heteroatoms. The number of aryl methyl sites for hydroxylation is 4. The number of rotatable bonds is 2. The first-order chi connectivity index (χ1) is 8.00. The molecular weight excluding hydrogens is 232 g/mol. The van der Waals surface area contributed by atoms with Crippen LogP contribution in [0.25, 0.3) is 0 Å². The lowest BCUT2D eigenvalue weighted by Gasteiger charge is -2.07. The van der Waals surface area contributed by atoms with Gasteiger partial charge in [0.1, 0.15) is 4.88 Å². The monoisotopic (exact) mass is 246 g/mol. The second kappa shape index (κ2) is 4.37. The Hall–Kier alpha value is -1.55. The van der Waals surface area contributed by atoms with E-state index in [9.17, 15) is 4.79 Å². The van der Waals surface area contributed by atoms with E-state index in [0.717, 1.165) is 28.2 Å². The maximum absolute atomic E-state index is 12.3. The summed E-state index contributed by atoms with van der Waals surface area (Å²) in [5.74, 6) is 0.0260. The summed E-state index contributed by atoms with van der Waals surface area (Å²) in [6.45, 7) is 7.84. The zero-order valence-corrected chi connectivity index (χ0v) is 11.2. The van der Waals surface area contributed by atoms with Gasteiger partial charge in [-0.05, 0) is 62.0 Å². The second-order valence-corrected chi connectivity index (χ2v) is 5.02. The van der Waals surface area contributed by atoms with Gasteiger partial charge in [0.2, 0.25) is 5.78 Å². The average Bonchev–Trinajstić information content (AvgIpc) is 2.69. The van der Waals surface area contributed by atoms with Crippen molar-refractivity contribution in [1.82, 2.24) is 9.59 Å². The van der Waals surface area contributed by atoms with Crippen LogP contribution in [0.4, 0.5) is 0 Å². The molecule has 0 bridgehead atoms. The normalized spacial score (nSPS) is 10.6. The number of hydrogen-bond acceptors (Lipinski definition) is 4. The summed E-state index contributed by atoms with van der Waals surface area (Å²) in [5, 5.41) is 3.88. The van der Waals surface area contributed by atoms with E-state index in [1.54, 1.807) is 0 Å². The van der Waals surface area contributed by atoms with Gasteiger partial charge in [-0.3, -0.25) is 4.79 Å². The van der Waals surface area contributed by atoms with E-state index in [1.807, 2.05) is 32.9 Å². The van der Waals surface area contributed by atoms with Crippen LogP contribution >= 0.6 is 11.5 Å². The molecule has 1 aromatic carbocycles. The SMILES string of the molecule is Cc1cc(C)c(C(=O)c2snnc2C)cc1C. The van der Waals surface area contributed by atoms with E-state index in [0.29, 0.717) is 10.6 Å². The standard InChI is InChI=1S/C13H14N2OS/c1-7-5-9(3)11(6-8(7)2)12(16)13-10(4)14-15-17-13/h5-6H,1-4H3. The van der Waals surface area contributed by atoms with Gasteiger partial charge in [0.05, 0.1) is 5.69 Å². The first-order valence-corrected chi connectivity index (χ1v) is 6.19. The highest BCUT2D eigenvalue weighted by Gasteiger charge is 2.17. The number of nitrogens with zero attached hydrogens (tertiary/aromatic N) is 2. The van der Waals surface area contributed by atoms with Crippen molar-refractivity contribution in [2.45, 2.75) is 27.7 Å². The lowest BCUT2D eigenvalue weighted by Crippen LogP contribution is -2.04. The van der Waals surface area contributed by atoms with Crippen molar-refractivity contribution in [3.63, 3.8) is 0 Å². The number of aromatic nitrogens is 2. The van der Waals surface area contributed by atoms with Gasteiger partial charge in [0.25, 0.3) is 0 Å². The molecule has 17 heavy (non-hydrogen) atoms. The van der Waals surface area contributed by atoms with Crippen LogP contribution in [0.15, 0.2) is 12.1 Å². The number of carbonyl (C=O) groups excluding carboxylic acids is 1. The molecule has 0 fully saturated rings. The minimum Gasteiger partial charge on any atom is -0.288 e. The average molecular weight is 246 g/mol. The Bertz CT molecular complexity index is 587. The minimum atomic E-state index is 0.0260. The Labute approximate surface area is 105 Å². The van der Waals surface area contributed by atoms with Crippen LogP contribution in [-0.2, 0) is 0 Å². The summed E-state index contributed by atoms with van der Waals surface area (Å²) in [4.78, 5) is 13.0. The largest absolute Gasteiger partial charge is 0.288 e. The molecule has 0 saturated carbocycles. The van der Waals surface area contributed by atoms with Gasteiger partial charge >= 0.3 is 0 Å². The Morgan fingerprint density at radius 2 is 1.71 bits per heavy atom. The Balaban J connectivity index is 2.52. The summed E-state index contributed by atoms with van der Waals surface area (Å²) < 4.78 is 3.81. The van der Waals surface area contributed by atoms with Crippen LogP contribution in [0.3, 0.4) is 0 Å². The lowest BCUT2D eigenvalue weighted by molar-refractivity contribution is 0.104. The van der Waals surface area contributed by atoms with Crippen LogP contribution in [0.2, 0.25) is 0 Å². The predicted molar refractivity (Wildman–Crippen MR) is 68.7 cm³/mol. The van der Waals surface area contributed by atoms with E-state index >= 15 is 0 Å². The van der Waals surface area contributed by atoms with E-state index in [1.165, 1.54) is 5.56 Å². The quantitative estimate of drug-likeness (QED) is 0.765. The lowest BCUT2D eigenvalue weighted by atomic mass is 9.97. The fraction of sp³-hybridized carbons (Fsp3) is 0.308. The van der Waals surface area contributed by atoms with Gasteiger partial charge in [-0.15, -0.1) is 5.10 Å². The molecule has 88 valence electrons. The predicted octanol–water partition coefficient (Wildman–Crippen LogP) is 3.00. The molecule has 1 heterocycles. The Morgan fingerprint density at radius 1 is 1.06 bits per heavy atom. The van der Waals surface area contributed by atoms with Crippen molar-refractivity contribution in [3.05, 3.63) is 45.0 Å². The maximum Gasteiger partial charge on any atom is 0.206 e. The molecule has 0 spiro atoms. The van der Waals surface area contributed by atoms with Crippen molar-refractivity contribution >= 4 is 17.3 Å². The zero-order valence-electron chi connectivity index (χ0n) is 10.4. The number of carbonyl (C=O) groups is 1. The highest BCUT2D eigenvalue weighted by molar-refractivity contribution is 7.08. The molecule has 0 aliphatic heterocycles. The highest BCUT2D eigenvalue weighted by Crippen LogP contribution is 2.21. The maximum atomic E-state index is 12.3. The van der Waals surface area contributed by atoms with Crippen molar-refractivity contribution in [1.29, 1.82) is 0 Å². The van der Waals surface area contributed by atoms with Gasteiger partial charge in [-0.2, -0.15) is 0 Å². The highest BCUT2D eigenvalue weighted by atomic mass is 32.1. The second-order valence-electron chi connectivity index (χ2n) is 4.27. The molecule has 3 nitrogen and oxygen atoms in total. The Morgan fingerprint density at radius 3 is 2.29 bits per heavy atom. The van der Waals surface area contributed by atoms with E-state index < -0.39 is 0 Å². The Kier molecular flexibility index (Phi) is 3.07. The molecule has 0 amide bonds. The summed E-state index contributed by atoms with van der Waals surface area (Å²) in [5.41, 5.74) is 4.80. The molecular formula is C13H14N2OS. The van der Waals surface area contributed by atoms with E-state index in [2.05, 4.69) is 16.5 Å². The fourth-order valence-corrected chi connectivity index (χ4v) is 2.38. The summed E-state index contributed by atoms with van der Waals surface area (Å²) >= 11 is 1.16. The molecule has 0 radical (unpaired) electrons. The van der Waals surface area contributed by atoms with Gasteiger partial charge in [-0.25, -0.2) is 0 Å².